The first kappa shape index (κ1) is 53.2. The lowest BCUT2D eigenvalue weighted by Gasteiger charge is -2.36. The van der Waals surface area contributed by atoms with Crippen LogP contribution in [0.5, 0.6) is 23.0 Å². The Morgan fingerprint density at radius 2 is 0.651 bits per heavy atom. The van der Waals surface area contributed by atoms with Crippen molar-refractivity contribution < 1.29 is 31.4 Å². The number of anilines is 3. The Bertz CT molecular complexity index is 4350. The van der Waals surface area contributed by atoms with Crippen LogP contribution in [0.4, 0.5) is 39.0 Å². The van der Waals surface area contributed by atoms with E-state index in [0.717, 1.165) is 67.8 Å². The van der Waals surface area contributed by atoms with E-state index in [1.165, 1.54) is 36.4 Å². The van der Waals surface area contributed by atoms with Crippen molar-refractivity contribution >= 4 is 29.2 Å². The quantitative estimate of drug-likeness (QED) is 0.101. The van der Waals surface area contributed by atoms with Crippen molar-refractivity contribution in [3.05, 3.63) is 365 Å². The molecule has 0 heterocycles. The van der Waals surface area contributed by atoms with Crippen LogP contribution in [0.3, 0.4) is 0 Å². The molecule has 0 N–H and O–H groups in total. The Kier molecular flexibility index (Phi) is 13.2. The molecule has 2 aliphatic rings. The van der Waals surface area contributed by atoms with Gasteiger partial charge in [0.1, 0.15) is 52.1 Å². The van der Waals surface area contributed by atoms with E-state index in [1.807, 2.05) is 206 Å². The van der Waals surface area contributed by atoms with Crippen molar-refractivity contribution in [2.75, 3.05) is 4.90 Å². The Hall–Kier alpha value is -10.8. The maximum Gasteiger partial charge on any atom is 0.128 e. The van der Waals surface area contributed by atoms with E-state index in [9.17, 15) is 4.39 Å². The highest BCUT2D eigenvalue weighted by molar-refractivity contribution is 5.92. The van der Waals surface area contributed by atoms with Crippen LogP contribution in [0, 0.1) is 29.1 Å². The molecule has 0 spiro atoms. The fourth-order valence-electron chi connectivity index (χ4n) is 13.0. The molecule has 2 unspecified atom stereocenters. The summed E-state index contributed by atoms with van der Waals surface area (Å²) in [6, 6.07) is 79.3. The Morgan fingerprint density at radius 1 is 0.302 bits per heavy atom. The number of ether oxygens (including phenoxy) is 2. The molecular weight excluding hydrogens is 1080 g/mol. The lowest BCUT2D eigenvalue weighted by atomic mass is 9.67. The molecular formula is C78H50F5NO2. The van der Waals surface area contributed by atoms with Gasteiger partial charge in [0.05, 0.1) is 10.8 Å². The fraction of sp³-hybridized carbons (Fsp3) is 0.0256. The number of fused-ring (bicyclic) bond motifs is 6. The molecule has 0 bridgehead atoms. The van der Waals surface area contributed by atoms with Gasteiger partial charge in [-0.1, -0.05) is 159 Å². The topological polar surface area (TPSA) is 21.7 Å². The van der Waals surface area contributed by atoms with Crippen LogP contribution in [0.25, 0.3) is 45.5 Å². The van der Waals surface area contributed by atoms with Gasteiger partial charge in [-0.25, -0.2) is 22.0 Å². The zero-order chi connectivity index (χ0) is 58.7. The standard InChI is InChI=1S/C78H50F5NO2/c1-3-49-13-33-61(34-14-49)85-63-37-21-53(22-38-63)77(73-45-56(80)27-43-75(73)82)69-11-7-5-9-65(69)67-41-31-59(47-71(67)77)84(58-29-19-52(20-30-58)51-17-25-55(79)26-18-51)60-32-42-68-66-10-6-8-12-70(66)78(72(68)48-60,74-46-57(81)28-44-76(74)83)54-23-39-64(40-24-54)86-62-35-15-50(4-2)16-36-62/h3-48H,1-2H2. The van der Waals surface area contributed by atoms with Crippen LogP contribution in [0.1, 0.15) is 55.6 Å². The first-order valence-corrected chi connectivity index (χ1v) is 28.1. The molecule has 0 saturated heterocycles. The molecule has 86 heavy (non-hydrogen) atoms. The molecule has 0 fully saturated rings. The smallest absolute Gasteiger partial charge is 0.128 e. The maximum absolute atomic E-state index is 17.3. The second kappa shape index (κ2) is 21.4. The third-order valence-electron chi connectivity index (χ3n) is 16.8. The van der Waals surface area contributed by atoms with Gasteiger partial charge in [-0.3, -0.25) is 0 Å². The van der Waals surface area contributed by atoms with Crippen molar-refractivity contribution in [3.8, 4) is 56.4 Å². The Labute approximate surface area is 495 Å². The van der Waals surface area contributed by atoms with Crippen molar-refractivity contribution in [2.24, 2.45) is 0 Å². The number of hydrogen-bond donors (Lipinski definition) is 0. The van der Waals surface area contributed by atoms with Gasteiger partial charge in [-0.2, -0.15) is 0 Å². The normalized spacial score (nSPS) is 15.2. The summed E-state index contributed by atoms with van der Waals surface area (Å²) < 4.78 is 93.6. The van der Waals surface area contributed by atoms with Gasteiger partial charge in [-0.15, -0.1) is 0 Å². The third kappa shape index (κ3) is 8.88. The summed E-state index contributed by atoms with van der Waals surface area (Å²) in [5.74, 6) is -0.454. The first-order valence-electron chi connectivity index (χ1n) is 28.1. The van der Waals surface area contributed by atoms with E-state index >= 15 is 17.6 Å². The van der Waals surface area contributed by atoms with Gasteiger partial charge in [0.15, 0.2) is 0 Å². The Balaban J connectivity index is 0.988. The average molecular weight is 1130 g/mol. The minimum absolute atomic E-state index is 0.115. The van der Waals surface area contributed by atoms with Gasteiger partial charge in [0, 0.05) is 28.2 Å². The predicted molar refractivity (Wildman–Crippen MR) is 334 cm³/mol. The van der Waals surface area contributed by atoms with E-state index in [0.29, 0.717) is 62.3 Å². The number of rotatable bonds is 14. The number of nitrogens with zero attached hydrogens (tertiary/aromatic N) is 1. The van der Waals surface area contributed by atoms with Crippen LogP contribution >= 0.6 is 0 Å². The van der Waals surface area contributed by atoms with Crippen LogP contribution in [0.15, 0.2) is 280 Å². The predicted octanol–water partition coefficient (Wildman–Crippen LogP) is 21.1. The van der Waals surface area contributed by atoms with E-state index in [2.05, 4.69) is 18.1 Å². The average Bonchev–Trinajstić information content (AvgIpc) is 1.53. The largest absolute Gasteiger partial charge is 0.457 e. The highest BCUT2D eigenvalue weighted by atomic mass is 19.1. The summed E-state index contributed by atoms with van der Waals surface area (Å²) >= 11 is 0. The summed E-state index contributed by atoms with van der Waals surface area (Å²) in [6.07, 6.45) is 3.52. The summed E-state index contributed by atoms with van der Waals surface area (Å²) in [7, 11) is 0. The molecule has 3 nitrogen and oxygen atoms in total. The number of hydrogen-bond acceptors (Lipinski definition) is 3. The molecule has 0 aliphatic heterocycles. The minimum atomic E-state index is -1.43. The lowest BCUT2D eigenvalue weighted by molar-refractivity contribution is 0.481. The molecule has 8 heteroatoms. The molecule has 0 radical (unpaired) electrons. The fourth-order valence-corrected chi connectivity index (χ4v) is 13.0. The molecule has 0 saturated carbocycles. The van der Waals surface area contributed by atoms with E-state index in [1.54, 1.807) is 24.3 Å². The zero-order valence-electron chi connectivity index (χ0n) is 46.1. The summed E-state index contributed by atoms with van der Waals surface area (Å²) in [4.78, 5) is 2.09. The van der Waals surface area contributed by atoms with Crippen LogP contribution in [-0.2, 0) is 10.8 Å². The molecule has 0 amide bonds. The van der Waals surface area contributed by atoms with Gasteiger partial charge in [0.2, 0.25) is 0 Å². The summed E-state index contributed by atoms with van der Waals surface area (Å²) in [6.45, 7) is 7.73. The molecule has 12 aromatic rings. The molecule has 12 aromatic carbocycles. The van der Waals surface area contributed by atoms with Crippen LogP contribution in [-0.4, -0.2) is 0 Å². The molecule has 414 valence electrons. The summed E-state index contributed by atoms with van der Waals surface area (Å²) in [5.41, 5.74) is 10.4. The SMILES string of the molecule is C=Cc1ccc(Oc2ccc(C3(c4cc(F)ccc4F)c4ccccc4-c4ccc(N(c5ccc(-c6ccc(F)cc6)cc5)c5ccc6c(c5)C(c5ccc(Oc7ccc(C=C)cc7)cc5)(c5cc(F)ccc5F)c5ccccc5-6)cc43)cc2)cc1. The molecule has 0 aromatic heterocycles. The number of halogens is 5. The lowest BCUT2D eigenvalue weighted by Crippen LogP contribution is -2.30. The van der Waals surface area contributed by atoms with Gasteiger partial charge < -0.3 is 14.4 Å². The maximum atomic E-state index is 17.3. The highest BCUT2D eigenvalue weighted by Gasteiger charge is 2.50. The van der Waals surface area contributed by atoms with Crippen molar-refractivity contribution in [3.63, 3.8) is 0 Å². The summed E-state index contributed by atoms with van der Waals surface area (Å²) in [5, 5.41) is 0. The van der Waals surface area contributed by atoms with Gasteiger partial charge >= 0.3 is 0 Å². The van der Waals surface area contributed by atoms with Crippen molar-refractivity contribution in [1.82, 2.24) is 0 Å². The van der Waals surface area contributed by atoms with Crippen LogP contribution in [0.2, 0.25) is 0 Å². The van der Waals surface area contributed by atoms with E-state index < -0.39 is 34.1 Å². The third-order valence-corrected chi connectivity index (χ3v) is 16.8. The van der Waals surface area contributed by atoms with E-state index in [4.69, 9.17) is 9.47 Å². The van der Waals surface area contributed by atoms with Crippen molar-refractivity contribution in [1.29, 1.82) is 0 Å². The van der Waals surface area contributed by atoms with Crippen molar-refractivity contribution in [2.45, 2.75) is 10.8 Å². The second-order valence-corrected chi connectivity index (χ2v) is 21.5. The monoisotopic (exact) mass is 1130 g/mol. The second-order valence-electron chi connectivity index (χ2n) is 21.5. The minimum Gasteiger partial charge on any atom is -0.457 e. The first-order chi connectivity index (χ1) is 42.0. The van der Waals surface area contributed by atoms with Gasteiger partial charge in [-0.05, 0) is 211 Å². The zero-order valence-corrected chi connectivity index (χ0v) is 46.1. The highest BCUT2D eigenvalue weighted by Crippen LogP contribution is 2.60. The molecule has 2 aliphatic carbocycles. The van der Waals surface area contributed by atoms with Crippen LogP contribution < -0.4 is 14.4 Å². The Morgan fingerprint density at radius 3 is 1.06 bits per heavy atom. The van der Waals surface area contributed by atoms with E-state index in [-0.39, 0.29) is 16.9 Å². The van der Waals surface area contributed by atoms with Gasteiger partial charge in [0.25, 0.3) is 0 Å². The molecule has 14 rings (SSSR count). The molecule has 2 atom stereocenters. The number of benzene rings is 12.